The van der Waals surface area contributed by atoms with Gasteiger partial charge in [-0.2, -0.15) is 0 Å². The average molecular weight is 462 g/mol. The molecule has 0 bridgehead atoms. The van der Waals surface area contributed by atoms with Crippen molar-refractivity contribution in [3.8, 4) is 11.4 Å². The van der Waals surface area contributed by atoms with Crippen LogP contribution >= 0.6 is 0 Å². The maximum atomic E-state index is 12.3. The summed E-state index contributed by atoms with van der Waals surface area (Å²) in [6.45, 7) is 9.30. The highest BCUT2D eigenvalue weighted by molar-refractivity contribution is 7.90. The van der Waals surface area contributed by atoms with Crippen molar-refractivity contribution in [2.75, 3.05) is 35.7 Å². The third-order valence-electron chi connectivity index (χ3n) is 5.06. The molecule has 2 N–H and O–H groups in total. The molecular weight excluding hydrogens is 430 g/mol. The Kier molecular flexibility index (Phi) is 7.68. The number of carbonyl (C=O) groups excluding carboxylic acids is 1. The van der Waals surface area contributed by atoms with Crippen LogP contribution in [0.1, 0.15) is 33.4 Å². The van der Waals surface area contributed by atoms with Gasteiger partial charge < -0.3 is 20.3 Å². The van der Waals surface area contributed by atoms with Gasteiger partial charge in [-0.15, -0.1) is 0 Å². The fourth-order valence-electron chi connectivity index (χ4n) is 3.36. The highest BCUT2D eigenvalue weighted by Gasteiger charge is 2.23. The molecule has 32 heavy (non-hydrogen) atoms. The summed E-state index contributed by atoms with van der Waals surface area (Å²) in [5.41, 5.74) is 1.83. The zero-order valence-corrected chi connectivity index (χ0v) is 19.8. The zero-order chi connectivity index (χ0) is 23.3. The second-order valence-electron chi connectivity index (χ2n) is 8.17. The van der Waals surface area contributed by atoms with E-state index in [1.807, 2.05) is 32.9 Å². The molecule has 1 aromatic heterocycles. The lowest BCUT2D eigenvalue weighted by Crippen LogP contribution is -2.44. The van der Waals surface area contributed by atoms with Crippen molar-refractivity contribution in [2.45, 2.75) is 45.5 Å². The number of urea groups is 1. The highest BCUT2D eigenvalue weighted by Crippen LogP contribution is 2.25. The van der Waals surface area contributed by atoms with Crippen molar-refractivity contribution < 1.29 is 17.9 Å². The van der Waals surface area contributed by atoms with Crippen LogP contribution in [-0.4, -0.2) is 62.0 Å². The molecule has 9 nitrogen and oxygen atoms in total. The molecule has 0 spiro atoms. The largest absolute Gasteiger partial charge is 0.377 e. The molecule has 1 aliphatic rings. The van der Waals surface area contributed by atoms with Gasteiger partial charge >= 0.3 is 6.03 Å². The fraction of sp³-hybridized carbons (Fsp3) is 0.500. The molecule has 1 atom stereocenters. The number of anilines is 2. The summed E-state index contributed by atoms with van der Waals surface area (Å²) in [6.07, 6.45) is 0. The Morgan fingerprint density at radius 2 is 1.97 bits per heavy atom. The Morgan fingerprint density at radius 3 is 2.59 bits per heavy atom. The molecule has 0 unspecified atom stereocenters. The van der Waals surface area contributed by atoms with Crippen molar-refractivity contribution in [1.29, 1.82) is 0 Å². The maximum absolute atomic E-state index is 12.3. The number of morpholine rings is 1. The van der Waals surface area contributed by atoms with E-state index in [0.29, 0.717) is 42.8 Å². The summed E-state index contributed by atoms with van der Waals surface area (Å²) >= 11 is 0. The molecule has 174 valence electrons. The standard InChI is InChI=1S/C22H31N5O4S/c1-5-32(29,30)14-19-12-20(27-10-11-31-13-16(27)4)26-21(24-19)17-6-8-18(9-7-17)25-22(28)23-15(2)3/h6-9,12,15-16H,5,10-11,13-14H2,1-4H3,(H2,23,25,28)/t16-/m0/s1. The van der Waals surface area contributed by atoms with E-state index in [2.05, 4.69) is 20.5 Å². The predicted molar refractivity (Wildman–Crippen MR) is 126 cm³/mol. The van der Waals surface area contributed by atoms with Gasteiger partial charge in [0.25, 0.3) is 0 Å². The van der Waals surface area contributed by atoms with Crippen molar-refractivity contribution in [3.63, 3.8) is 0 Å². The van der Waals surface area contributed by atoms with Crippen LogP contribution in [0.4, 0.5) is 16.3 Å². The summed E-state index contributed by atoms with van der Waals surface area (Å²) in [5, 5.41) is 5.55. The second kappa shape index (κ2) is 10.3. The van der Waals surface area contributed by atoms with Gasteiger partial charge in [0.05, 0.1) is 30.7 Å². The van der Waals surface area contributed by atoms with Crippen LogP contribution in [0.5, 0.6) is 0 Å². The number of rotatable bonds is 7. The van der Waals surface area contributed by atoms with E-state index in [0.717, 1.165) is 5.56 Å². The number of hydrogen-bond donors (Lipinski definition) is 2. The molecule has 2 amide bonds. The summed E-state index contributed by atoms with van der Waals surface area (Å²) < 4.78 is 30.0. The van der Waals surface area contributed by atoms with Gasteiger partial charge in [-0.05, 0) is 45.0 Å². The van der Waals surface area contributed by atoms with Crippen molar-refractivity contribution in [3.05, 3.63) is 36.0 Å². The van der Waals surface area contributed by atoms with Crippen LogP contribution in [0.3, 0.4) is 0 Å². The second-order valence-corrected chi connectivity index (χ2v) is 10.5. The Bertz CT molecular complexity index is 1040. The lowest BCUT2D eigenvalue weighted by Gasteiger charge is -2.34. The van der Waals surface area contributed by atoms with E-state index >= 15 is 0 Å². The molecule has 0 aliphatic carbocycles. The first-order valence-corrected chi connectivity index (χ1v) is 12.6. The molecule has 0 saturated carbocycles. The molecule has 0 radical (unpaired) electrons. The number of benzene rings is 1. The van der Waals surface area contributed by atoms with E-state index in [-0.39, 0.29) is 29.6 Å². The van der Waals surface area contributed by atoms with E-state index in [9.17, 15) is 13.2 Å². The highest BCUT2D eigenvalue weighted by atomic mass is 32.2. The molecule has 3 rings (SSSR count). The van der Waals surface area contributed by atoms with Gasteiger partial charge in [0.2, 0.25) is 0 Å². The molecule has 1 saturated heterocycles. The minimum absolute atomic E-state index is 0.0332. The zero-order valence-electron chi connectivity index (χ0n) is 19.0. The molecule has 10 heteroatoms. The van der Waals surface area contributed by atoms with Crippen molar-refractivity contribution in [1.82, 2.24) is 15.3 Å². The van der Waals surface area contributed by atoms with Crippen LogP contribution in [-0.2, 0) is 20.3 Å². The molecule has 2 aromatic rings. The van der Waals surface area contributed by atoms with Crippen LogP contribution < -0.4 is 15.5 Å². The Morgan fingerprint density at radius 1 is 1.25 bits per heavy atom. The van der Waals surface area contributed by atoms with Gasteiger partial charge in [-0.25, -0.2) is 23.2 Å². The number of nitrogens with zero attached hydrogens (tertiary/aromatic N) is 3. The van der Waals surface area contributed by atoms with E-state index in [4.69, 9.17) is 9.72 Å². The van der Waals surface area contributed by atoms with Gasteiger partial charge in [-0.3, -0.25) is 0 Å². The topological polar surface area (TPSA) is 114 Å². The normalized spacial score (nSPS) is 16.8. The number of sulfone groups is 1. The number of carbonyl (C=O) groups is 1. The molecule has 2 heterocycles. The number of ether oxygens (including phenoxy) is 1. The van der Waals surface area contributed by atoms with Gasteiger partial charge in [-0.1, -0.05) is 6.92 Å². The lowest BCUT2D eigenvalue weighted by atomic mass is 10.2. The number of nitrogens with one attached hydrogen (secondary N) is 2. The Balaban J connectivity index is 1.92. The van der Waals surface area contributed by atoms with Gasteiger partial charge in [0.15, 0.2) is 15.7 Å². The monoisotopic (exact) mass is 461 g/mol. The van der Waals surface area contributed by atoms with Gasteiger partial charge in [0.1, 0.15) is 5.82 Å². The Hall–Kier alpha value is -2.72. The minimum Gasteiger partial charge on any atom is -0.377 e. The van der Waals surface area contributed by atoms with Gasteiger partial charge in [0, 0.05) is 35.7 Å². The first-order chi connectivity index (χ1) is 15.2. The third-order valence-corrected chi connectivity index (χ3v) is 6.67. The molecule has 1 aliphatic heterocycles. The maximum Gasteiger partial charge on any atom is 0.319 e. The fourth-order valence-corrected chi connectivity index (χ4v) is 4.16. The minimum atomic E-state index is -3.25. The van der Waals surface area contributed by atoms with E-state index in [1.54, 1.807) is 25.1 Å². The predicted octanol–water partition coefficient (Wildman–Crippen LogP) is 2.83. The molecule has 1 aromatic carbocycles. The molecular formula is C22H31N5O4S. The lowest BCUT2D eigenvalue weighted by molar-refractivity contribution is 0.0985. The smallest absolute Gasteiger partial charge is 0.319 e. The number of aromatic nitrogens is 2. The molecule has 1 fully saturated rings. The summed E-state index contributed by atoms with van der Waals surface area (Å²) in [4.78, 5) is 23.3. The average Bonchev–Trinajstić information content (AvgIpc) is 2.73. The van der Waals surface area contributed by atoms with Crippen LogP contribution in [0.25, 0.3) is 11.4 Å². The first kappa shape index (κ1) is 23.9. The summed E-state index contributed by atoms with van der Waals surface area (Å²) in [6, 6.07) is 8.79. The summed E-state index contributed by atoms with van der Waals surface area (Å²) in [5.74, 6) is 1.04. The first-order valence-electron chi connectivity index (χ1n) is 10.8. The summed E-state index contributed by atoms with van der Waals surface area (Å²) in [7, 11) is -3.25. The van der Waals surface area contributed by atoms with E-state index in [1.165, 1.54) is 0 Å². The quantitative estimate of drug-likeness (QED) is 0.652. The van der Waals surface area contributed by atoms with Crippen LogP contribution in [0.2, 0.25) is 0 Å². The van der Waals surface area contributed by atoms with E-state index < -0.39 is 9.84 Å². The third kappa shape index (κ3) is 6.39. The van der Waals surface area contributed by atoms with Crippen LogP contribution in [0, 0.1) is 0 Å². The van der Waals surface area contributed by atoms with Crippen LogP contribution in [0.15, 0.2) is 30.3 Å². The number of amides is 2. The number of hydrogen-bond acceptors (Lipinski definition) is 7. The Labute approximate surface area is 189 Å². The SMILES string of the molecule is CCS(=O)(=O)Cc1cc(N2CCOC[C@@H]2C)nc(-c2ccc(NC(=O)NC(C)C)cc2)n1. The van der Waals surface area contributed by atoms with Crippen molar-refractivity contribution in [2.24, 2.45) is 0 Å². The van der Waals surface area contributed by atoms with Crippen molar-refractivity contribution >= 4 is 27.4 Å².